The smallest absolute Gasteiger partial charge is 0.862 e. The van der Waals surface area contributed by atoms with Gasteiger partial charge in [0.2, 0.25) is 17.2 Å². The van der Waals surface area contributed by atoms with Crippen molar-refractivity contribution in [3.8, 4) is 0 Å². The molecule has 0 fully saturated rings. The molecule has 5 aromatic rings. The molecule has 0 saturated heterocycles. The first kappa shape index (κ1) is 53.8. The normalized spacial score (nSPS) is 12.1. The average Bonchev–Trinajstić information content (AvgIpc) is 3.01. The molecule has 4 aromatic carbocycles. The minimum absolute atomic E-state index is 0. The molecule has 3 N–H and O–H groups in total. The fraction of sp³-hybridized carbons (Fsp3) is 0.0370. The largest absolute Gasteiger partial charge is 1.00 e. The molecule has 0 aliphatic rings. The zero-order valence-corrected chi connectivity index (χ0v) is 41.9. The summed E-state index contributed by atoms with van der Waals surface area (Å²) in [5.74, 6) is -1.60. The van der Waals surface area contributed by atoms with Crippen LogP contribution in [0, 0.1) is 0 Å². The van der Waals surface area contributed by atoms with E-state index in [-0.39, 0.29) is 152 Å². The SMILES string of the molecule is CC([O-])=Nc1cc(Nc2nc(Cl)nc(Nc3cc(S(=O)(=O)[O-])ccc3S(=O)(=O)[O-])n2)ccc1N=Nc1ccc2c(S(=O)(=O)[O-])cccc2c1S(=O)(=O)O.[Na+].[Na+].[Na+].[Na+]. The molecule has 57 heavy (non-hydrogen) atoms. The monoisotopic (exact) mass is 916 g/mol. The van der Waals surface area contributed by atoms with E-state index in [2.05, 4.69) is 40.8 Å². The van der Waals surface area contributed by atoms with Crippen molar-refractivity contribution in [2.75, 3.05) is 10.6 Å². The Bertz CT molecular complexity index is 2850. The molecule has 0 amide bonds. The predicted molar refractivity (Wildman–Crippen MR) is 179 cm³/mol. The summed E-state index contributed by atoms with van der Waals surface area (Å²) in [6.07, 6.45) is 0. The van der Waals surface area contributed by atoms with E-state index in [0.29, 0.717) is 18.2 Å². The van der Waals surface area contributed by atoms with E-state index in [4.69, 9.17) is 11.6 Å². The van der Waals surface area contributed by atoms with Crippen LogP contribution in [0.3, 0.4) is 0 Å². The van der Waals surface area contributed by atoms with Crippen molar-refractivity contribution < 1.29 is 175 Å². The number of fused-ring (bicyclic) bond motifs is 1. The molecule has 0 saturated carbocycles. The van der Waals surface area contributed by atoms with Crippen molar-refractivity contribution in [2.45, 2.75) is 26.5 Å². The maximum atomic E-state index is 12.4. The summed E-state index contributed by atoms with van der Waals surface area (Å²) in [7, 11) is -20.5. The van der Waals surface area contributed by atoms with Crippen molar-refractivity contribution in [3.05, 3.63) is 72.0 Å². The summed E-state index contributed by atoms with van der Waals surface area (Å²) in [4.78, 5) is 11.9. The third kappa shape index (κ3) is 13.9. The Hall–Kier alpha value is -1.25. The second-order valence-corrected chi connectivity index (χ2v) is 16.1. The Morgan fingerprint density at radius 2 is 1.25 bits per heavy atom. The zero-order valence-electron chi connectivity index (χ0n) is 29.9. The van der Waals surface area contributed by atoms with Gasteiger partial charge in [-0.1, -0.05) is 18.2 Å². The van der Waals surface area contributed by atoms with Crippen LogP contribution in [0.2, 0.25) is 5.28 Å². The van der Waals surface area contributed by atoms with Gasteiger partial charge in [-0.15, -0.1) is 10.2 Å². The number of azo groups is 1. The van der Waals surface area contributed by atoms with Crippen LogP contribution in [0.15, 0.2) is 102 Å². The van der Waals surface area contributed by atoms with Crippen LogP contribution in [0.5, 0.6) is 0 Å². The number of benzene rings is 4. The van der Waals surface area contributed by atoms with Crippen molar-refractivity contribution in [2.24, 2.45) is 15.2 Å². The first-order chi connectivity index (χ1) is 24.5. The Balaban J connectivity index is 0.00000406. The van der Waals surface area contributed by atoms with Crippen molar-refractivity contribution in [1.29, 1.82) is 0 Å². The Kier molecular flexibility index (Phi) is 19.8. The van der Waals surface area contributed by atoms with Crippen LogP contribution in [-0.4, -0.2) is 72.7 Å². The number of halogens is 1. The first-order valence-electron chi connectivity index (χ1n) is 13.8. The minimum atomic E-state index is -5.21. The summed E-state index contributed by atoms with van der Waals surface area (Å²) >= 11 is 5.99. The van der Waals surface area contributed by atoms with E-state index in [0.717, 1.165) is 37.3 Å². The number of aromatic nitrogens is 3. The van der Waals surface area contributed by atoms with Gasteiger partial charge in [-0.25, -0.2) is 25.3 Å². The van der Waals surface area contributed by atoms with Gasteiger partial charge in [0.25, 0.3) is 10.1 Å². The third-order valence-corrected chi connectivity index (χ3v) is 10.4. The molecule has 0 aliphatic carbocycles. The van der Waals surface area contributed by atoms with E-state index in [1.165, 1.54) is 18.2 Å². The summed E-state index contributed by atoms with van der Waals surface area (Å²) in [5.41, 5.74) is -1.38. The topological polar surface area (TPSA) is 349 Å². The van der Waals surface area contributed by atoms with E-state index < -0.39 is 88.6 Å². The van der Waals surface area contributed by atoms with Gasteiger partial charge in [0.1, 0.15) is 46.6 Å². The summed E-state index contributed by atoms with van der Waals surface area (Å²) < 4.78 is 140. The molecule has 0 unspecified atom stereocenters. The third-order valence-electron chi connectivity index (χ3n) is 6.62. The molecule has 0 spiro atoms. The van der Waals surface area contributed by atoms with Crippen LogP contribution < -0.4 is 134 Å². The fourth-order valence-corrected chi connectivity index (χ4v) is 7.39. The Morgan fingerprint density at radius 1 is 0.667 bits per heavy atom. The number of hydrogen-bond acceptors (Lipinski definition) is 20. The van der Waals surface area contributed by atoms with Gasteiger partial charge in [0, 0.05) is 16.5 Å². The number of hydrogen-bond donors (Lipinski definition) is 3. The van der Waals surface area contributed by atoms with E-state index in [1.54, 1.807) is 0 Å². The van der Waals surface area contributed by atoms with Crippen LogP contribution in [0.25, 0.3) is 10.8 Å². The van der Waals surface area contributed by atoms with Crippen molar-refractivity contribution in [1.82, 2.24) is 15.0 Å². The van der Waals surface area contributed by atoms with Gasteiger partial charge in [-0.3, -0.25) is 9.55 Å². The van der Waals surface area contributed by atoms with Crippen LogP contribution in [-0.2, 0) is 40.5 Å². The summed E-state index contributed by atoms with van der Waals surface area (Å²) in [5, 5.41) is 23.6. The van der Waals surface area contributed by atoms with Crippen LogP contribution in [0.4, 0.5) is 40.3 Å². The maximum Gasteiger partial charge on any atom is 1.00 e. The van der Waals surface area contributed by atoms with Crippen molar-refractivity contribution >= 4 is 109 Å². The Labute approximate surface area is 417 Å². The van der Waals surface area contributed by atoms with E-state index >= 15 is 0 Å². The molecule has 1 heterocycles. The summed E-state index contributed by atoms with van der Waals surface area (Å²) in [6, 6.07) is 10.8. The van der Waals surface area contributed by atoms with Crippen LogP contribution >= 0.6 is 11.6 Å². The quantitative estimate of drug-likeness (QED) is 0.0364. The van der Waals surface area contributed by atoms with E-state index in [9.17, 15) is 57.0 Å². The van der Waals surface area contributed by atoms with Gasteiger partial charge in [-0.2, -0.15) is 23.4 Å². The van der Waals surface area contributed by atoms with Gasteiger partial charge < -0.3 is 29.4 Å². The fourth-order valence-electron chi connectivity index (χ4n) is 4.60. The number of aliphatic imine (C=N–C) groups is 1. The number of nitrogens with zero attached hydrogens (tertiary/aromatic N) is 6. The molecular formula is C27H17ClN8Na4O13S4. The number of anilines is 4. The molecule has 278 valence electrons. The molecule has 0 atom stereocenters. The predicted octanol–water partition coefficient (Wildman–Crippen LogP) is -9.03. The second-order valence-electron chi connectivity index (χ2n) is 10.3. The van der Waals surface area contributed by atoms with E-state index in [1.807, 2.05) is 0 Å². The first-order valence-corrected chi connectivity index (χ1v) is 19.8. The Morgan fingerprint density at radius 3 is 1.81 bits per heavy atom. The molecule has 30 heteroatoms. The van der Waals surface area contributed by atoms with Gasteiger partial charge in [-0.05, 0) is 73.0 Å². The molecule has 21 nitrogen and oxygen atoms in total. The molecular weight excluding hydrogens is 900 g/mol. The molecule has 5 rings (SSSR count). The standard InChI is InChI=1S/C27H21ClN8O13S4.4Na/c1-13(37)29-20-11-14(30-26-32-25(28)33-27(34-26)31-21-12-15(50(38,39)40)6-10-23(21)52(44,45)46)5-8-18(20)35-36-19-9-7-16-17(24(19)53(47,48)49)3-2-4-22(16)51(41,42)43;;;;/h2-12H,1H3,(H,29,37)(H,38,39,40)(H,41,42,43)(H,44,45,46)(H,47,48,49)(H2,30,31,32,33,34);;;;/q;4*+1/p-4. The zero-order chi connectivity index (χ0) is 39.1. The number of nitrogens with one attached hydrogen (secondary N) is 2. The molecule has 0 aliphatic heterocycles. The maximum absolute atomic E-state index is 12.4. The van der Waals surface area contributed by atoms with Gasteiger partial charge in [0.05, 0.1) is 26.1 Å². The molecule has 0 bridgehead atoms. The van der Waals surface area contributed by atoms with Gasteiger partial charge >= 0.3 is 118 Å². The molecule has 0 radical (unpaired) electrons. The van der Waals surface area contributed by atoms with Crippen molar-refractivity contribution in [3.63, 3.8) is 0 Å². The summed E-state index contributed by atoms with van der Waals surface area (Å²) in [6.45, 7) is 1.09. The minimum Gasteiger partial charge on any atom is -0.862 e. The van der Waals surface area contributed by atoms with Gasteiger partial charge in [0.15, 0.2) is 0 Å². The second kappa shape index (κ2) is 21.0. The number of rotatable bonds is 11. The average molecular weight is 917 g/mol. The molecule has 1 aromatic heterocycles. The van der Waals surface area contributed by atoms with Crippen LogP contribution in [0.1, 0.15) is 6.92 Å².